The lowest BCUT2D eigenvalue weighted by atomic mass is 9.77. The number of hydrogen-bond acceptors (Lipinski definition) is 2. The van der Waals surface area contributed by atoms with Crippen molar-refractivity contribution in [1.29, 1.82) is 0 Å². The predicted octanol–water partition coefficient (Wildman–Crippen LogP) is 2.72. The van der Waals surface area contributed by atoms with Crippen molar-refractivity contribution in [2.75, 3.05) is 0 Å². The molecule has 0 saturated heterocycles. The topological polar surface area (TPSA) is 67.2 Å². The monoisotopic (exact) mass is 305 g/mol. The number of rotatable bonds is 4. The number of benzene rings is 1. The van der Waals surface area contributed by atoms with E-state index in [0.717, 1.165) is 31.2 Å². The SMILES string of the molecule is CC1CCC(NC(=O)NCc2ccccc2)(C(N)=S)CC1. The molecule has 5 heteroatoms. The Morgan fingerprint density at radius 2 is 1.95 bits per heavy atom. The van der Waals surface area contributed by atoms with Crippen molar-refractivity contribution in [1.82, 2.24) is 10.6 Å². The van der Waals surface area contributed by atoms with Crippen LogP contribution in [0.4, 0.5) is 4.79 Å². The fraction of sp³-hybridized carbons (Fsp3) is 0.500. The quantitative estimate of drug-likeness (QED) is 0.749. The summed E-state index contributed by atoms with van der Waals surface area (Å²) in [7, 11) is 0. The lowest BCUT2D eigenvalue weighted by Gasteiger charge is -2.39. The number of urea groups is 1. The molecule has 1 fully saturated rings. The van der Waals surface area contributed by atoms with Crippen LogP contribution in [0.3, 0.4) is 0 Å². The Labute approximate surface area is 131 Å². The standard InChI is InChI=1S/C16H23N3OS/c1-12-7-9-16(10-8-12,14(17)21)19-15(20)18-11-13-5-3-2-4-6-13/h2-6,12H,7-11H2,1H3,(H2,17,21)(H2,18,19,20). The molecule has 0 unspecified atom stereocenters. The molecule has 0 aliphatic heterocycles. The van der Waals surface area contributed by atoms with Gasteiger partial charge >= 0.3 is 6.03 Å². The first-order valence-corrected chi connectivity index (χ1v) is 7.82. The summed E-state index contributed by atoms with van der Waals surface area (Å²) in [6, 6.07) is 9.61. The van der Waals surface area contributed by atoms with E-state index in [2.05, 4.69) is 17.6 Å². The minimum absolute atomic E-state index is 0.207. The highest BCUT2D eigenvalue weighted by Crippen LogP contribution is 2.32. The van der Waals surface area contributed by atoms with Crippen LogP contribution < -0.4 is 16.4 Å². The Kier molecular flexibility index (Phi) is 5.17. The number of carbonyl (C=O) groups excluding carboxylic acids is 1. The van der Waals surface area contributed by atoms with Crippen LogP contribution in [0.15, 0.2) is 30.3 Å². The Hall–Kier alpha value is -1.62. The van der Waals surface area contributed by atoms with Crippen LogP contribution in [-0.2, 0) is 6.54 Å². The van der Waals surface area contributed by atoms with Gasteiger partial charge in [-0.15, -0.1) is 0 Å². The second-order valence-electron chi connectivity index (χ2n) is 5.92. The second-order valence-corrected chi connectivity index (χ2v) is 6.36. The van der Waals surface area contributed by atoms with Gasteiger partial charge < -0.3 is 16.4 Å². The average Bonchev–Trinajstić information content (AvgIpc) is 2.48. The first-order chi connectivity index (χ1) is 10.0. The molecule has 1 saturated carbocycles. The summed E-state index contributed by atoms with van der Waals surface area (Å²) in [5.41, 5.74) is 6.43. The summed E-state index contributed by atoms with van der Waals surface area (Å²) < 4.78 is 0. The van der Waals surface area contributed by atoms with E-state index in [-0.39, 0.29) is 6.03 Å². The fourth-order valence-corrected chi connectivity index (χ4v) is 2.98. The summed E-state index contributed by atoms with van der Waals surface area (Å²) in [5.74, 6) is 0.668. The molecule has 114 valence electrons. The zero-order valence-electron chi connectivity index (χ0n) is 12.4. The molecule has 0 heterocycles. The minimum Gasteiger partial charge on any atom is -0.391 e. The van der Waals surface area contributed by atoms with Gasteiger partial charge in [-0.3, -0.25) is 0 Å². The maximum Gasteiger partial charge on any atom is 0.315 e. The number of nitrogens with one attached hydrogen (secondary N) is 2. The largest absolute Gasteiger partial charge is 0.391 e. The molecule has 1 aromatic rings. The van der Waals surface area contributed by atoms with Crippen LogP contribution in [0.1, 0.15) is 38.2 Å². The first kappa shape index (κ1) is 15.8. The van der Waals surface area contributed by atoms with Gasteiger partial charge in [0.05, 0.1) is 10.5 Å². The van der Waals surface area contributed by atoms with Crippen molar-refractivity contribution in [2.45, 2.75) is 44.7 Å². The van der Waals surface area contributed by atoms with Gasteiger partial charge in [0.15, 0.2) is 0 Å². The molecule has 2 rings (SSSR count). The molecule has 0 bridgehead atoms. The van der Waals surface area contributed by atoms with E-state index in [0.29, 0.717) is 17.5 Å². The van der Waals surface area contributed by atoms with E-state index in [4.69, 9.17) is 18.0 Å². The van der Waals surface area contributed by atoms with Crippen molar-refractivity contribution < 1.29 is 4.79 Å². The highest BCUT2D eigenvalue weighted by Gasteiger charge is 2.38. The lowest BCUT2D eigenvalue weighted by molar-refractivity contribution is 0.216. The highest BCUT2D eigenvalue weighted by atomic mass is 32.1. The molecular weight excluding hydrogens is 282 g/mol. The number of amides is 2. The van der Waals surface area contributed by atoms with E-state index in [9.17, 15) is 4.79 Å². The summed E-state index contributed by atoms with van der Waals surface area (Å²) in [6.45, 7) is 2.72. The third-order valence-electron chi connectivity index (χ3n) is 4.25. The number of hydrogen-bond donors (Lipinski definition) is 3. The van der Waals surface area contributed by atoms with Gasteiger partial charge in [-0.1, -0.05) is 49.5 Å². The summed E-state index contributed by atoms with van der Waals surface area (Å²) in [5, 5.41) is 5.88. The smallest absolute Gasteiger partial charge is 0.315 e. The van der Waals surface area contributed by atoms with Crippen LogP contribution in [0, 0.1) is 5.92 Å². The Morgan fingerprint density at radius 3 is 2.52 bits per heavy atom. The van der Waals surface area contributed by atoms with Gasteiger partial charge in [0.25, 0.3) is 0 Å². The van der Waals surface area contributed by atoms with Crippen LogP contribution in [0.25, 0.3) is 0 Å². The van der Waals surface area contributed by atoms with Gasteiger partial charge in [0.1, 0.15) is 0 Å². The molecule has 21 heavy (non-hydrogen) atoms. The fourth-order valence-electron chi connectivity index (χ4n) is 2.73. The first-order valence-electron chi connectivity index (χ1n) is 7.42. The zero-order valence-corrected chi connectivity index (χ0v) is 13.2. The van der Waals surface area contributed by atoms with Crippen LogP contribution in [0.2, 0.25) is 0 Å². The van der Waals surface area contributed by atoms with Crippen LogP contribution in [0.5, 0.6) is 0 Å². The normalized spacial score (nSPS) is 25.1. The molecule has 0 aromatic heterocycles. The van der Waals surface area contributed by atoms with Crippen molar-refractivity contribution >= 4 is 23.2 Å². The minimum atomic E-state index is -0.525. The van der Waals surface area contributed by atoms with Crippen molar-refractivity contribution in [3.8, 4) is 0 Å². The molecule has 0 radical (unpaired) electrons. The molecule has 2 amide bonds. The van der Waals surface area contributed by atoms with Gasteiger partial charge in [-0.2, -0.15) is 0 Å². The van der Waals surface area contributed by atoms with Gasteiger partial charge in [0, 0.05) is 6.54 Å². The van der Waals surface area contributed by atoms with Crippen LogP contribution in [-0.4, -0.2) is 16.6 Å². The van der Waals surface area contributed by atoms with E-state index >= 15 is 0 Å². The number of carbonyl (C=O) groups is 1. The van der Waals surface area contributed by atoms with Crippen molar-refractivity contribution in [3.63, 3.8) is 0 Å². The van der Waals surface area contributed by atoms with Crippen molar-refractivity contribution in [3.05, 3.63) is 35.9 Å². The molecule has 0 spiro atoms. The molecular formula is C16H23N3OS. The Bertz CT molecular complexity index is 496. The number of nitrogens with two attached hydrogens (primary N) is 1. The molecule has 1 aliphatic rings. The Balaban J connectivity index is 1.91. The summed E-state index contributed by atoms with van der Waals surface area (Å²) in [4.78, 5) is 12.5. The lowest BCUT2D eigenvalue weighted by Crippen LogP contribution is -2.60. The van der Waals surface area contributed by atoms with E-state index < -0.39 is 5.54 Å². The summed E-state index contributed by atoms with van der Waals surface area (Å²) >= 11 is 5.20. The summed E-state index contributed by atoms with van der Waals surface area (Å²) in [6.07, 6.45) is 3.72. The number of thiocarbonyl (C=S) groups is 1. The van der Waals surface area contributed by atoms with Gasteiger partial charge in [0.2, 0.25) is 0 Å². The molecule has 1 aliphatic carbocycles. The van der Waals surface area contributed by atoms with Crippen molar-refractivity contribution in [2.24, 2.45) is 11.7 Å². The van der Waals surface area contributed by atoms with Gasteiger partial charge in [-0.05, 0) is 37.2 Å². The molecule has 4 nitrogen and oxygen atoms in total. The Morgan fingerprint density at radius 1 is 1.33 bits per heavy atom. The third kappa shape index (κ3) is 4.17. The van der Waals surface area contributed by atoms with E-state index in [1.165, 1.54) is 0 Å². The van der Waals surface area contributed by atoms with Crippen LogP contribution >= 0.6 is 12.2 Å². The molecule has 4 N–H and O–H groups in total. The zero-order chi connectivity index (χ0) is 15.3. The maximum atomic E-state index is 12.1. The second kappa shape index (κ2) is 6.89. The molecule has 1 aromatic carbocycles. The third-order valence-corrected chi connectivity index (χ3v) is 4.64. The average molecular weight is 305 g/mol. The predicted molar refractivity (Wildman–Crippen MR) is 89.0 cm³/mol. The maximum absolute atomic E-state index is 12.1. The van der Waals surface area contributed by atoms with E-state index in [1.54, 1.807) is 0 Å². The van der Waals surface area contributed by atoms with E-state index in [1.807, 2.05) is 30.3 Å². The van der Waals surface area contributed by atoms with Gasteiger partial charge in [-0.25, -0.2) is 4.79 Å². The highest BCUT2D eigenvalue weighted by molar-refractivity contribution is 7.80. The molecule has 0 atom stereocenters.